The van der Waals surface area contributed by atoms with E-state index in [1.807, 2.05) is 6.92 Å². The van der Waals surface area contributed by atoms with Gasteiger partial charge in [-0.15, -0.1) is 0 Å². The van der Waals surface area contributed by atoms with Crippen LogP contribution in [0.25, 0.3) is 0 Å². The summed E-state index contributed by atoms with van der Waals surface area (Å²) >= 11 is 0. The smallest absolute Gasteiger partial charge is 0.246 e. The number of hydrogen-bond donors (Lipinski definition) is 1. The molecule has 0 spiro atoms. The highest BCUT2D eigenvalue weighted by Crippen LogP contribution is 2.09. The van der Waals surface area contributed by atoms with Crippen LogP contribution in [0, 0.1) is 0 Å². The summed E-state index contributed by atoms with van der Waals surface area (Å²) in [5.74, 6) is 0.0137. The highest BCUT2D eigenvalue weighted by Gasteiger charge is 2.19. The third-order valence-corrected chi connectivity index (χ3v) is 2.76. The van der Waals surface area contributed by atoms with Gasteiger partial charge in [0.25, 0.3) is 0 Å². The van der Waals surface area contributed by atoms with E-state index in [0.717, 1.165) is 26.1 Å². The largest absolute Gasteiger partial charge is 0.372 e. The first-order valence-corrected chi connectivity index (χ1v) is 5.85. The Morgan fingerprint density at radius 1 is 1.53 bits per heavy atom. The van der Waals surface area contributed by atoms with Crippen molar-refractivity contribution in [1.82, 2.24) is 10.2 Å². The van der Waals surface area contributed by atoms with E-state index in [1.165, 1.54) is 6.42 Å². The number of amides is 1. The van der Waals surface area contributed by atoms with Crippen molar-refractivity contribution in [3.8, 4) is 0 Å². The van der Waals surface area contributed by atoms with Crippen molar-refractivity contribution in [2.45, 2.75) is 32.7 Å². The summed E-state index contributed by atoms with van der Waals surface area (Å²) in [5.41, 5.74) is 0. The predicted octanol–water partition coefficient (Wildman–Crippen LogP) is 0.623. The number of ether oxygens (including phenoxy) is 1. The summed E-state index contributed by atoms with van der Waals surface area (Å²) in [6.45, 7) is 8.05. The van der Waals surface area contributed by atoms with Crippen LogP contribution in [0.5, 0.6) is 0 Å². The Morgan fingerprint density at radius 2 is 2.33 bits per heavy atom. The van der Waals surface area contributed by atoms with Crippen molar-refractivity contribution >= 4 is 5.91 Å². The molecule has 0 bridgehead atoms. The third kappa shape index (κ3) is 4.62. The van der Waals surface area contributed by atoms with Gasteiger partial charge in [-0.05, 0) is 32.9 Å². The number of nitrogens with one attached hydrogen (secondary N) is 1. The van der Waals surface area contributed by atoms with Gasteiger partial charge in [0.05, 0.1) is 0 Å². The van der Waals surface area contributed by atoms with E-state index < -0.39 is 0 Å². The SMILES string of the molecule is CCOCC(=O)NC1CCCN(CC)C1. The molecule has 0 saturated carbocycles. The number of rotatable bonds is 5. The van der Waals surface area contributed by atoms with E-state index in [0.29, 0.717) is 12.6 Å². The molecule has 4 heteroatoms. The fraction of sp³-hybridized carbons (Fsp3) is 0.909. The molecule has 1 aliphatic heterocycles. The zero-order valence-electron chi connectivity index (χ0n) is 9.79. The normalized spacial score (nSPS) is 22.7. The average molecular weight is 214 g/mol. The standard InChI is InChI=1S/C11H22N2O2/c1-3-13-7-5-6-10(8-13)12-11(14)9-15-4-2/h10H,3-9H2,1-2H3,(H,12,14). The second-order valence-electron chi connectivity index (χ2n) is 3.94. The van der Waals surface area contributed by atoms with Gasteiger partial charge >= 0.3 is 0 Å². The fourth-order valence-electron chi connectivity index (χ4n) is 1.92. The maximum absolute atomic E-state index is 11.4. The second kappa shape index (κ2) is 6.80. The van der Waals surface area contributed by atoms with Crippen molar-refractivity contribution in [2.24, 2.45) is 0 Å². The second-order valence-corrected chi connectivity index (χ2v) is 3.94. The Labute approximate surface area is 92.0 Å². The molecule has 88 valence electrons. The molecule has 1 N–H and O–H groups in total. The third-order valence-electron chi connectivity index (χ3n) is 2.76. The average Bonchev–Trinajstić information content (AvgIpc) is 2.26. The maximum atomic E-state index is 11.4. The predicted molar refractivity (Wildman–Crippen MR) is 59.8 cm³/mol. The van der Waals surface area contributed by atoms with Crippen molar-refractivity contribution in [1.29, 1.82) is 0 Å². The van der Waals surface area contributed by atoms with E-state index >= 15 is 0 Å². The molecule has 1 fully saturated rings. The van der Waals surface area contributed by atoms with E-state index in [1.54, 1.807) is 0 Å². The molecule has 4 nitrogen and oxygen atoms in total. The molecule has 1 rings (SSSR count). The van der Waals surface area contributed by atoms with Gasteiger partial charge in [-0.2, -0.15) is 0 Å². The number of carbonyl (C=O) groups is 1. The van der Waals surface area contributed by atoms with Crippen LogP contribution in [0.2, 0.25) is 0 Å². The van der Waals surface area contributed by atoms with E-state index in [-0.39, 0.29) is 12.5 Å². The zero-order valence-corrected chi connectivity index (χ0v) is 9.79. The quantitative estimate of drug-likeness (QED) is 0.729. The maximum Gasteiger partial charge on any atom is 0.246 e. The molecule has 1 atom stereocenters. The van der Waals surface area contributed by atoms with E-state index in [9.17, 15) is 4.79 Å². The van der Waals surface area contributed by atoms with Crippen LogP contribution in [0.3, 0.4) is 0 Å². The number of likely N-dealkylation sites (tertiary alicyclic amines) is 1. The first-order chi connectivity index (χ1) is 7.26. The Hall–Kier alpha value is -0.610. The molecule has 0 aliphatic carbocycles. The Kier molecular flexibility index (Phi) is 5.65. The van der Waals surface area contributed by atoms with Crippen LogP contribution in [-0.2, 0) is 9.53 Å². The molecule has 1 aliphatic rings. The number of piperidine rings is 1. The summed E-state index contributed by atoms with van der Waals surface area (Å²) in [4.78, 5) is 13.8. The lowest BCUT2D eigenvalue weighted by atomic mass is 10.1. The summed E-state index contributed by atoms with van der Waals surface area (Å²) in [6, 6.07) is 0.312. The van der Waals surface area contributed by atoms with Crippen molar-refractivity contribution in [2.75, 3.05) is 32.8 Å². The van der Waals surface area contributed by atoms with Gasteiger partial charge in [0.2, 0.25) is 5.91 Å². The molecule has 0 aromatic rings. The van der Waals surface area contributed by atoms with Crippen LogP contribution in [0.4, 0.5) is 0 Å². The number of carbonyl (C=O) groups excluding carboxylic acids is 1. The van der Waals surface area contributed by atoms with Gasteiger partial charge < -0.3 is 15.0 Å². The van der Waals surface area contributed by atoms with E-state index in [4.69, 9.17) is 4.74 Å². The lowest BCUT2D eigenvalue weighted by molar-refractivity contribution is -0.126. The number of nitrogens with zero attached hydrogens (tertiary/aromatic N) is 1. The van der Waals surface area contributed by atoms with Gasteiger partial charge in [0.15, 0.2) is 0 Å². The van der Waals surface area contributed by atoms with Crippen molar-refractivity contribution < 1.29 is 9.53 Å². The summed E-state index contributed by atoms with van der Waals surface area (Å²) in [6.07, 6.45) is 2.27. The minimum absolute atomic E-state index is 0.0137. The van der Waals surface area contributed by atoms with Crippen molar-refractivity contribution in [3.05, 3.63) is 0 Å². The summed E-state index contributed by atoms with van der Waals surface area (Å²) in [5, 5.41) is 3.01. The summed E-state index contributed by atoms with van der Waals surface area (Å²) < 4.78 is 5.06. The Morgan fingerprint density at radius 3 is 3.00 bits per heavy atom. The topological polar surface area (TPSA) is 41.6 Å². The lowest BCUT2D eigenvalue weighted by Crippen LogP contribution is -2.48. The van der Waals surface area contributed by atoms with Crippen molar-refractivity contribution in [3.63, 3.8) is 0 Å². The zero-order chi connectivity index (χ0) is 11.1. The first-order valence-electron chi connectivity index (χ1n) is 5.85. The van der Waals surface area contributed by atoms with Crippen LogP contribution >= 0.6 is 0 Å². The summed E-state index contributed by atoms with van der Waals surface area (Å²) in [7, 11) is 0. The number of likely N-dealkylation sites (N-methyl/N-ethyl adjacent to an activating group) is 1. The lowest BCUT2D eigenvalue weighted by Gasteiger charge is -2.32. The van der Waals surface area contributed by atoms with Gasteiger partial charge in [-0.25, -0.2) is 0 Å². The van der Waals surface area contributed by atoms with Gasteiger partial charge in [0, 0.05) is 19.2 Å². The first kappa shape index (κ1) is 12.5. The monoisotopic (exact) mass is 214 g/mol. The molecule has 1 amide bonds. The molecule has 1 saturated heterocycles. The van der Waals surface area contributed by atoms with Gasteiger partial charge in [-0.3, -0.25) is 4.79 Å². The van der Waals surface area contributed by atoms with Crippen LogP contribution < -0.4 is 5.32 Å². The molecule has 0 radical (unpaired) electrons. The highest BCUT2D eigenvalue weighted by atomic mass is 16.5. The van der Waals surface area contributed by atoms with Gasteiger partial charge in [0.1, 0.15) is 6.61 Å². The molecular weight excluding hydrogens is 192 g/mol. The minimum atomic E-state index is 0.0137. The Bertz CT molecular complexity index is 197. The van der Waals surface area contributed by atoms with Gasteiger partial charge in [-0.1, -0.05) is 6.92 Å². The highest BCUT2D eigenvalue weighted by molar-refractivity contribution is 5.77. The molecule has 15 heavy (non-hydrogen) atoms. The minimum Gasteiger partial charge on any atom is -0.372 e. The molecule has 1 unspecified atom stereocenters. The van der Waals surface area contributed by atoms with Crippen LogP contribution in [-0.4, -0.2) is 49.7 Å². The van der Waals surface area contributed by atoms with E-state index in [2.05, 4.69) is 17.1 Å². The molecule has 0 aromatic heterocycles. The Balaban J connectivity index is 2.22. The molecule has 1 heterocycles. The molecule has 0 aromatic carbocycles. The number of hydrogen-bond acceptors (Lipinski definition) is 3. The fourth-order valence-corrected chi connectivity index (χ4v) is 1.92. The van der Waals surface area contributed by atoms with Crippen LogP contribution in [0.15, 0.2) is 0 Å². The van der Waals surface area contributed by atoms with Crippen LogP contribution in [0.1, 0.15) is 26.7 Å². The molecular formula is C11H22N2O2.